The highest BCUT2D eigenvalue weighted by atomic mass is 79.9. The molecule has 1 aliphatic rings. The normalized spacial score (nSPS) is 17.1. The minimum atomic E-state index is -3.63. The van der Waals surface area contributed by atoms with Gasteiger partial charge in [-0.25, -0.2) is 16.8 Å². The maximum atomic E-state index is 12.5. The highest BCUT2D eigenvalue weighted by Crippen LogP contribution is 2.33. The Morgan fingerprint density at radius 3 is 2.17 bits per heavy atom. The molecule has 1 aromatic carbocycles. The van der Waals surface area contributed by atoms with Gasteiger partial charge in [0.2, 0.25) is 0 Å². The van der Waals surface area contributed by atoms with Crippen LogP contribution in [0.25, 0.3) is 0 Å². The van der Waals surface area contributed by atoms with Crippen molar-refractivity contribution in [2.45, 2.75) is 14.4 Å². The molecule has 1 saturated heterocycles. The number of sulfone groups is 1. The van der Waals surface area contributed by atoms with Crippen LogP contribution in [-0.4, -0.2) is 39.5 Å². The van der Waals surface area contributed by atoms with Crippen LogP contribution in [0.3, 0.4) is 0 Å². The number of sulfonamides is 1. The van der Waals surface area contributed by atoms with E-state index >= 15 is 0 Å². The summed E-state index contributed by atoms with van der Waals surface area (Å²) in [5.41, 5.74) is 0. The van der Waals surface area contributed by atoms with Gasteiger partial charge in [0.1, 0.15) is 4.21 Å². The Kier molecular flexibility index (Phi) is 4.63. The quantitative estimate of drug-likeness (QED) is 0.709. The Morgan fingerprint density at radius 1 is 1.04 bits per heavy atom. The first kappa shape index (κ1) is 17.4. The zero-order valence-corrected chi connectivity index (χ0v) is 16.3. The van der Waals surface area contributed by atoms with Crippen molar-refractivity contribution in [1.82, 2.24) is 4.31 Å². The van der Waals surface area contributed by atoms with Crippen molar-refractivity contribution in [1.29, 1.82) is 0 Å². The van der Waals surface area contributed by atoms with Gasteiger partial charge in [0, 0.05) is 18.1 Å². The van der Waals surface area contributed by atoms with E-state index in [1.807, 2.05) is 0 Å². The van der Waals surface area contributed by atoms with E-state index in [0.29, 0.717) is 8.81 Å². The molecule has 0 N–H and O–H groups in total. The van der Waals surface area contributed by atoms with Gasteiger partial charge in [-0.1, -0.05) is 11.6 Å². The fourth-order valence-corrected chi connectivity index (χ4v) is 7.84. The van der Waals surface area contributed by atoms with Crippen LogP contribution in [0.5, 0.6) is 0 Å². The van der Waals surface area contributed by atoms with Crippen molar-refractivity contribution in [2.75, 3.05) is 13.1 Å². The topological polar surface area (TPSA) is 71.5 Å². The summed E-state index contributed by atoms with van der Waals surface area (Å²) in [6.07, 6.45) is 0. The van der Waals surface area contributed by atoms with Crippen molar-refractivity contribution in [3.8, 4) is 0 Å². The highest BCUT2D eigenvalue weighted by Gasteiger charge is 2.44. The van der Waals surface area contributed by atoms with Gasteiger partial charge in [0.05, 0.1) is 13.9 Å². The first-order chi connectivity index (χ1) is 10.7. The van der Waals surface area contributed by atoms with Crippen molar-refractivity contribution >= 4 is 58.7 Å². The van der Waals surface area contributed by atoms with E-state index in [2.05, 4.69) is 15.9 Å². The van der Waals surface area contributed by atoms with Gasteiger partial charge >= 0.3 is 0 Å². The lowest BCUT2D eigenvalue weighted by atomic mass is 10.3. The summed E-state index contributed by atoms with van der Waals surface area (Å²) in [5.74, 6) is 0. The standard InChI is InChI=1S/C13H11BrClNO4S3/c14-12-5-6-13(21-12)23(19,20)16-7-11(8-16)22(17,18)10-3-1-9(15)2-4-10/h1-6,11H,7-8H2. The third kappa shape index (κ3) is 3.22. The second-order valence-electron chi connectivity index (χ2n) is 5.00. The molecule has 0 radical (unpaired) electrons. The lowest BCUT2D eigenvalue weighted by molar-refractivity contribution is 0.310. The fourth-order valence-electron chi connectivity index (χ4n) is 2.17. The number of benzene rings is 1. The number of hydrogen-bond donors (Lipinski definition) is 0. The van der Waals surface area contributed by atoms with Crippen LogP contribution in [0.4, 0.5) is 0 Å². The molecule has 3 rings (SSSR count). The molecule has 0 atom stereocenters. The minimum Gasteiger partial charge on any atom is -0.223 e. The van der Waals surface area contributed by atoms with Gasteiger partial charge in [0.25, 0.3) is 10.0 Å². The van der Waals surface area contributed by atoms with Gasteiger partial charge in [-0.05, 0) is 52.3 Å². The average molecular weight is 457 g/mol. The number of thiophene rings is 1. The first-order valence-electron chi connectivity index (χ1n) is 6.46. The fraction of sp³-hybridized carbons (Fsp3) is 0.231. The highest BCUT2D eigenvalue weighted by molar-refractivity contribution is 9.11. The van der Waals surface area contributed by atoms with Crippen LogP contribution in [0.1, 0.15) is 0 Å². The molecule has 0 amide bonds. The van der Waals surface area contributed by atoms with Crippen molar-refractivity contribution in [2.24, 2.45) is 0 Å². The van der Waals surface area contributed by atoms with E-state index in [9.17, 15) is 16.8 Å². The van der Waals surface area contributed by atoms with Crippen LogP contribution in [0.15, 0.2) is 49.3 Å². The maximum Gasteiger partial charge on any atom is 0.252 e. The third-order valence-electron chi connectivity index (χ3n) is 3.54. The second kappa shape index (κ2) is 6.12. The van der Waals surface area contributed by atoms with Crippen LogP contribution < -0.4 is 0 Å². The van der Waals surface area contributed by atoms with Gasteiger partial charge in [-0.3, -0.25) is 0 Å². The van der Waals surface area contributed by atoms with Crippen molar-refractivity contribution in [3.63, 3.8) is 0 Å². The second-order valence-corrected chi connectivity index (χ2v) is 12.3. The zero-order chi connectivity index (χ0) is 16.8. The summed E-state index contributed by atoms with van der Waals surface area (Å²) >= 11 is 10.1. The summed E-state index contributed by atoms with van der Waals surface area (Å²) in [7, 11) is -7.19. The van der Waals surface area contributed by atoms with Crippen LogP contribution >= 0.6 is 38.9 Å². The Morgan fingerprint density at radius 2 is 1.65 bits per heavy atom. The lowest BCUT2D eigenvalue weighted by Gasteiger charge is -2.37. The van der Waals surface area contributed by atoms with Crippen molar-refractivity contribution in [3.05, 3.63) is 45.2 Å². The Labute approximate surface area is 152 Å². The molecule has 23 heavy (non-hydrogen) atoms. The molecule has 0 aliphatic carbocycles. The van der Waals surface area contributed by atoms with Crippen LogP contribution in [0, 0.1) is 0 Å². The van der Waals surface area contributed by atoms with E-state index in [-0.39, 0.29) is 22.2 Å². The summed E-state index contributed by atoms with van der Waals surface area (Å²) in [6, 6.07) is 9.04. The average Bonchev–Trinajstić information content (AvgIpc) is 2.84. The molecule has 0 saturated carbocycles. The lowest BCUT2D eigenvalue weighted by Crippen LogP contribution is -2.56. The molecule has 10 heteroatoms. The summed E-state index contributed by atoms with van der Waals surface area (Å²) in [4.78, 5) is 0.155. The number of hydrogen-bond acceptors (Lipinski definition) is 5. The molecule has 2 heterocycles. The van der Waals surface area contributed by atoms with Gasteiger partial charge in [0.15, 0.2) is 9.84 Å². The summed E-state index contributed by atoms with van der Waals surface area (Å²) in [6.45, 7) is -0.0778. The molecule has 0 bridgehead atoms. The number of nitrogens with zero attached hydrogens (tertiary/aromatic N) is 1. The van der Waals surface area contributed by atoms with Gasteiger partial charge in [-0.15, -0.1) is 11.3 Å². The van der Waals surface area contributed by atoms with E-state index < -0.39 is 25.1 Å². The molecule has 1 aliphatic heterocycles. The van der Waals surface area contributed by atoms with Crippen LogP contribution in [0.2, 0.25) is 5.02 Å². The van der Waals surface area contributed by atoms with E-state index in [1.165, 1.54) is 34.6 Å². The van der Waals surface area contributed by atoms with E-state index in [4.69, 9.17) is 11.6 Å². The Hall–Kier alpha value is -0.450. The molecule has 1 fully saturated rings. The first-order valence-corrected chi connectivity index (χ1v) is 11.4. The van der Waals surface area contributed by atoms with E-state index in [0.717, 1.165) is 11.3 Å². The molecular weight excluding hydrogens is 446 g/mol. The SMILES string of the molecule is O=S(=O)(c1ccc(Cl)cc1)C1CN(S(=O)(=O)c2ccc(Br)s2)C1. The summed E-state index contributed by atoms with van der Waals surface area (Å²) in [5, 5.41) is -0.285. The monoisotopic (exact) mass is 455 g/mol. The third-order valence-corrected chi connectivity index (χ3v) is 9.82. The minimum absolute atomic E-state index is 0.0389. The largest absolute Gasteiger partial charge is 0.252 e. The Balaban J connectivity index is 1.77. The predicted octanol–water partition coefficient (Wildman–Crippen LogP) is 3.01. The molecule has 124 valence electrons. The number of rotatable bonds is 4. The molecule has 0 spiro atoms. The predicted molar refractivity (Wildman–Crippen MR) is 93.2 cm³/mol. The molecule has 1 aromatic heterocycles. The smallest absolute Gasteiger partial charge is 0.223 e. The van der Waals surface area contributed by atoms with Gasteiger partial charge < -0.3 is 0 Å². The van der Waals surface area contributed by atoms with E-state index in [1.54, 1.807) is 6.07 Å². The molecule has 0 unspecified atom stereocenters. The van der Waals surface area contributed by atoms with Crippen molar-refractivity contribution < 1.29 is 16.8 Å². The molecule has 5 nitrogen and oxygen atoms in total. The van der Waals surface area contributed by atoms with Gasteiger partial charge in [-0.2, -0.15) is 4.31 Å². The van der Waals surface area contributed by atoms with Crippen LogP contribution in [-0.2, 0) is 19.9 Å². The molecule has 2 aromatic rings. The molecular formula is C13H11BrClNO4S3. The zero-order valence-electron chi connectivity index (χ0n) is 11.5. The number of halogens is 2. The maximum absolute atomic E-state index is 12.5. The summed E-state index contributed by atoms with van der Waals surface area (Å²) < 4.78 is 51.8. The Bertz CT molecular complexity index is 932.